The second-order valence-electron chi connectivity index (χ2n) is 6.67. The lowest BCUT2D eigenvalue weighted by Crippen LogP contribution is -2.40. The van der Waals surface area contributed by atoms with Gasteiger partial charge in [-0.05, 0) is 58.2 Å². The van der Waals surface area contributed by atoms with Crippen molar-refractivity contribution in [3.8, 4) is 0 Å². The first-order chi connectivity index (χ1) is 11.6. The Morgan fingerprint density at radius 3 is 2.28 bits per heavy atom. The first-order valence-corrected chi connectivity index (χ1v) is 8.19. The molecule has 0 fully saturated rings. The first-order valence-electron chi connectivity index (χ1n) is 8.19. The Hall–Kier alpha value is -2.18. The van der Waals surface area contributed by atoms with Crippen LogP contribution in [0.3, 0.4) is 0 Å². The van der Waals surface area contributed by atoms with Crippen molar-refractivity contribution in [3.63, 3.8) is 0 Å². The highest BCUT2D eigenvalue weighted by Crippen LogP contribution is 2.14. The summed E-state index contributed by atoms with van der Waals surface area (Å²) in [5.41, 5.74) is -0.303. The lowest BCUT2D eigenvalue weighted by Gasteiger charge is -2.23. The number of amides is 1. The molecule has 1 N–H and O–H groups in total. The van der Waals surface area contributed by atoms with E-state index in [0.29, 0.717) is 5.56 Å². The molecule has 0 aromatic heterocycles. The Morgan fingerprint density at radius 2 is 1.76 bits per heavy atom. The Kier molecular flexibility index (Phi) is 7.80. The van der Waals surface area contributed by atoms with E-state index in [4.69, 9.17) is 9.47 Å². The van der Waals surface area contributed by atoms with E-state index in [1.807, 2.05) is 0 Å². The van der Waals surface area contributed by atoms with Gasteiger partial charge in [0.2, 0.25) is 0 Å². The molecule has 0 saturated carbocycles. The Morgan fingerprint density at radius 1 is 1.16 bits per heavy atom. The maximum Gasteiger partial charge on any atom is 0.407 e. The fraction of sp³-hybridized carbons (Fsp3) is 0.556. The molecule has 25 heavy (non-hydrogen) atoms. The van der Waals surface area contributed by atoms with Gasteiger partial charge in [-0.2, -0.15) is 0 Å². The average Bonchev–Trinajstić information content (AvgIpc) is 2.41. The fourth-order valence-electron chi connectivity index (χ4n) is 2.24. The van der Waals surface area contributed by atoms with Gasteiger partial charge >= 0.3 is 12.1 Å². The van der Waals surface area contributed by atoms with Crippen LogP contribution in [0, 0.1) is 11.6 Å². The van der Waals surface area contributed by atoms with E-state index in [-0.39, 0.29) is 25.9 Å². The van der Waals surface area contributed by atoms with E-state index >= 15 is 0 Å². The van der Waals surface area contributed by atoms with Crippen LogP contribution in [0.5, 0.6) is 0 Å². The maximum absolute atomic E-state index is 13.4. The van der Waals surface area contributed by atoms with Gasteiger partial charge in [0.25, 0.3) is 0 Å². The number of benzene rings is 1. The molecule has 0 radical (unpaired) electrons. The van der Waals surface area contributed by atoms with Crippen LogP contribution in [0.25, 0.3) is 0 Å². The van der Waals surface area contributed by atoms with E-state index < -0.39 is 35.3 Å². The van der Waals surface area contributed by atoms with Crippen molar-refractivity contribution in [2.45, 2.75) is 58.6 Å². The first kappa shape index (κ1) is 20.9. The van der Waals surface area contributed by atoms with Crippen molar-refractivity contribution < 1.29 is 27.8 Å². The quantitative estimate of drug-likeness (QED) is 0.755. The molecule has 0 aliphatic rings. The molecule has 0 aliphatic carbocycles. The number of hydrogen-bond acceptors (Lipinski definition) is 4. The third kappa shape index (κ3) is 9.02. The second-order valence-corrected chi connectivity index (χ2v) is 6.67. The summed E-state index contributed by atoms with van der Waals surface area (Å²) in [7, 11) is 0. The van der Waals surface area contributed by atoms with Crippen LogP contribution in [0.1, 0.15) is 46.1 Å². The predicted octanol–water partition coefficient (Wildman–Crippen LogP) is 3.74. The minimum atomic E-state index is -0.698. The molecule has 1 aromatic rings. The minimum Gasteiger partial charge on any atom is -0.466 e. The highest BCUT2D eigenvalue weighted by molar-refractivity contribution is 5.70. The third-order valence-electron chi connectivity index (χ3n) is 3.13. The zero-order valence-electron chi connectivity index (χ0n) is 15.0. The summed E-state index contributed by atoms with van der Waals surface area (Å²) >= 11 is 0. The molecule has 0 aliphatic heterocycles. The van der Waals surface area contributed by atoms with Crippen molar-refractivity contribution >= 4 is 12.1 Å². The van der Waals surface area contributed by atoms with Crippen LogP contribution in [0.2, 0.25) is 0 Å². The molecule has 0 unspecified atom stereocenters. The standard InChI is InChI=1S/C18H25F2NO4/c1-5-24-16(22)7-6-15(21-17(23)25-18(2,3)4)10-12-8-13(19)11-14(20)9-12/h8-9,11,15H,5-7,10H2,1-4H3,(H,21,23)/t15-/m1/s1. The number of esters is 1. The Balaban J connectivity index is 2.78. The summed E-state index contributed by atoms with van der Waals surface area (Å²) in [5.74, 6) is -1.79. The summed E-state index contributed by atoms with van der Waals surface area (Å²) in [4.78, 5) is 23.5. The zero-order chi connectivity index (χ0) is 19.0. The number of alkyl carbamates (subject to hydrolysis) is 1. The van der Waals surface area contributed by atoms with Crippen molar-refractivity contribution in [1.29, 1.82) is 0 Å². The van der Waals surface area contributed by atoms with Gasteiger partial charge in [-0.1, -0.05) is 0 Å². The maximum atomic E-state index is 13.4. The van der Waals surface area contributed by atoms with Gasteiger partial charge in [0, 0.05) is 18.5 Å². The summed E-state index contributed by atoms with van der Waals surface area (Å²) in [6.07, 6.45) is -0.159. The Labute approximate surface area is 146 Å². The molecule has 0 spiro atoms. The zero-order valence-corrected chi connectivity index (χ0v) is 15.0. The molecule has 0 saturated heterocycles. The number of carbonyl (C=O) groups excluding carboxylic acids is 2. The van der Waals surface area contributed by atoms with Crippen LogP contribution in [-0.2, 0) is 20.7 Å². The smallest absolute Gasteiger partial charge is 0.407 e. The van der Waals surface area contributed by atoms with Gasteiger partial charge in [-0.25, -0.2) is 13.6 Å². The van der Waals surface area contributed by atoms with Crippen molar-refractivity contribution in [2.75, 3.05) is 6.61 Å². The molecule has 0 heterocycles. The van der Waals surface area contributed by atoms with Gasteiger partial charge in [0.05, 0.1) is 6.61 Å². The van der Waals surface area contributed by atoms with E-state index in [2.05, 4.69) is 5.32 Å². The summed E-state index contributed by atoms with van der Waals surface area (Å²) < 4.78 is 36.8. The van der Waals surface area contributed by atoms with Crippen molar-refractivity contribution in [3.05, 3.63) is 35.4 Å². The lowest BCUT2D eigenvalue weighted by molar-refractivity contribution is -0.143. The third-order valence-corrected chi connectivity index (χ3v) is 3.13. The number of hydrogen-bond donors (Lipinski definition) is 1. The molecular formula is C18H25F2NO4. The molecule has 7 heteroatoms. The summed E-state index contributed by atoms with van der Waals surface area (Å²) in [5, 5.41) is 2.64. The Bertz CT molecular complexity index is 579. The predicted molar refractivity (Wildman–Crippen MR) is 89.1 cm³/mol. The molecule has 1 atom stereocenters. The average molecular weight is 357 g/mol. The molecule has 1 rings (SSSR count). The highest BCUT2D eigenvalue weighted by Gasteiger charge is 2.21. The van der Waals surface area contributed by atoms with Crippen molar-refractivity contribution in [1.82, 2.24) is 5.32 Å². The molecule has 0 bridgehead atoms. The van der Waals surface area contributed by atoms with Crippen LogP contribution < -0.4 is 5.32 Å². The lowest BCUT2D eigenvalue weighted by atomic mass is 10.0. The second kappa shape index (κ2) is 9.34. The molecule has 1 aromatic carbocycles. The van der Waals surface area contributed by atoms with Gasteiger partial charge in [0.1, 0.15) is 17.2 Å². The van der Waals surface area contributed by atoms with Gasteiger partial charge in [-0.3, -0.25) is 4.79 Å². The van der Waals surface area contributed by atoms with Gasteiger partial charge in [-0.15, -0.1) is 0 Å². The van der Waals surface area contributed by atoms with Crippen LogP contribution in [0.4, 0.5) is 13.6 Å². The molecule has 140 valence electrons. The van der Waals surface area contributed by atoms with E-state index in [0.717, 1.165) is 6.07 Å². The van der Waals surface area contributed by atoms with Gasteiger partial charge in [0.15, 0.2) is 0 Å². The summed E-state index contributed by atoms with van der Waals surface area (Å²) in [6, 6.07) is 2.63. The van der Waals surface area contributed by atoms with E-state index in [9.17, 15) is 18.4 Å². The highest BCUT2D eigenvalue weighted by atomic mass is 19.1. The fourth-order valence-corrected chi connectivity index (χ4v) is 2.24. The van der Waals surface area contributed by atoms with E-state index in [1.165, 1.54) is 12.1 Å². The van der Waals surface area contributed by atoms with Crippen LogP contribution in [-0.4, -0.2) is 30.3 Å². The topological polar surface area (TPSA) is 64.6 Å². The number of carbonyl (C=O) groups is 2. The largest absolute Gasteiger partial charge is 0.466 e. The van der Waals surface area contributed by atoms with Crippen LogP contribution >= 0.6 is 0 Å². The van der Waals surface area contributed by atoms with Gasteiger partial charge < -0.3 is 14.8 Å². The number of rotatable bonds is 7. The monoisotopic (exact) mass is 357 g/mol. The molecular weight excluding hydrogens is 332 g/mol. The number of ether oxygens (including phenoxy) is 2. The molecule has 1 amide bonds. The normalized spacial score (nSPS) is 12.4. The van der Waals surface area contributed by atoms with Crippen LogP contribution in [0.15, 0.2) is 18.2 Å². The SMILES string of the molecule is CCOC(=O)CC[C@H](Cc1cc(F)cc(F)c1)NC(=O)OC(C)(C)C. The number of halogens is 2. The van der Waals surface area contributed by atoms with Crippen molar-refractivity contribution in [2.24, 2.45) is 0 Å². The number of nitrogens with one attached hydrogen (secondary N) is 1. The minimum absolute atomic E-state index is 0.0755. The van der Waals surface area contributed by atoms with E-state index in [1.54, 1.807) is 27.7 Å². The molecule has 5 nitrogen and oxygen atoms in total. The summed E-state index contributed by atoms with van der Waals surface area (Å²) in [6.45, 7) is 7.13.